The third kappa shape index (κ3) is 4.36. The number of nitrogens with one attached hydrogen (secondary N) is 1. The van der Waals surface area contributed by atoms with Gasteiger partial charge < -0.3 is 10.2 Å². The molecule has 4 heteroatoms. The average Bonchev–Trinajstić information content (AvgIpc) is 2.76. The fraction of sp³-hybridized carbons (Fsp3) is 0.647. The van der Waals surface area contributed by atoms with Crippen LogP contribution >= 0.6 is 11.8 Å². The molecule has 1 aromatic carbocycles. The maximum absolute atomic E-state index is 14.0. The summed E-state index contributed by atoms with van der Waals surface area (Å²) in [5.74, 6) is 2.30. The van der Waals surface area contributed by atoms with Crippen molar-refractivity contribution in [3.63, 3.8) is 0 Å². The second-order valence-electron chi connectivity index (χ2n) is 5.79. The summed E-state index contributed by atoms with van der Waals surface area (Å²) in [6, 6.07) is 3.95. The second-order valence-corrected chi connectivity index (χ2v) is 7.01. The van der Waals surface area contributed by atoms with Crippen LogP contribution in [-0.2, 0) is 0 Å². The molecule has 118 valence electrons. The van der Waals surface area contributed by atoms with Gasteiger partial charge in [0, 0.05) is 30.6 Å². The van der Waals surface area contributed by atoms with E-state index in [0.717, 1.165) is 42.9 Å². The van der Waals surface area contributed by atoms with Gasteiger partial charge in [-0.25, -0.2) is 4.39 Å². The van der Waals surface area contributed by atoms with E-state index in [4.69, 9.17) is 0 Å². The SMILES string of the molecule is CCCNC(C)c1cc(F)c(C)cc1N1CCCSCC1. The minimum Gasteiger partial charge on any atom is -0.370 e. The lowest BCUT2D eigenvalue weighted by Gasteiger charge is -2.28. The molecule has 1 fully saturated rings. The first-order valence-corrected chi connectivity index (χ1v) is 9.15. The van der Waals surface area contributed by atoms with Gasteiger partial charge in [0.15, 0.2) is 0 Å². The zero-order valence-electron chi connectivity index (χ0n) is 13.4. The fourth-order valence-electron chi connectivity index (χ4n) is 2.76. The first-order valence-electron chi connectivity index (χ1n) is 7.99. The highest BCUT2D eigenvalue weighted by Gasteiger charge is 2.19. The molecule has 0 bridgehead atoms. The number of hydrogen-bond donors (Lipinski definition) is 1. The average molecular weight is 310 g/mol. The molecule has 2 rings (SSSR count). The Morgan fingerprint density at radius 1 is 1.33 bits per heavy atom. The molecule has 2 nitrogen and oxygen atoms in total. The largest absolute Gasteiger partial charge is 0.370 e. The summed E-state index contributed by atoms with van der Waals surface area (Å²) in [6.07, 6.45) is 2.30. The number of thioether (sulfide) groups is 1. The summed E-state index contributed by atoms with van der Waals surface area (Å²) >= 11 is 2.02. The Kier molecular flexibility index (Phi) is 6.37. The van der Waals surface area contributed by atoms with Crippen molar-refractivity contribution in [1.29, 1.82) is 0 Å². The molecule has 21 heavy (non-hydrogen) atoms. The Morgan fingerprint density at radius 3 is 2.90 bits per heavy atom. The van der Waals surface area contributed by atoms with Crippen LogP contribution < -0.4 is 10.2 Å². The van der Waals surface area contributed by atoms with Crippen LogP contribution in [0.5, 0.6) is 0 Å². The number of aryl methyl sites for hydroxylation is 1. The molecular weight excluding hydrogens is 283 g/mol. The summed E-state index contributed by atoms with van der Waals surface area (Å²) < 4.78 is 14.0. The van der Waals surface area contributed by atoms with Crippen molar-refractivity contribution < 1.29 is 4.39 Å². The fourth-order valence-corrected chi connectivity index (χ4v) is 3.65. The Hall–Kier alpha value is -0.740. The zero-order valence-corrected chi connectivity index (χ0v) is 14.2. The lowest BCUT2D eigenvalue weighted by molar-refractivity contribution is 0.559. The molecule has 1 aliphatic heterocycles. The lowest BCUT2D eigenvalue weighted by Crippen LogP contribution is -2.29. The standard InChI is InChI=1S/C17H27FN2S/c1-4-6-19-14(3)15-12-16(18)13(2)11-17(15)20-7-5-9-21-10-8-20/h11-12,14,19H,4-10H2,1-3H3. The van der Waals surface area contributed by atoms with Crippen molar-refractivity contribution in [2.75, 3.05) is 36.0 Å². The zero-order chi connectivity index (χ0) is 15.2. The van der Waals surface area contributed by atoms with E-state index in [-0.39, 0.29) is 11.9 Å². The Labute approximate surface area is 132 Å². The van der Waals surface area contributed by atoms with E-state index in [0.29, 0.717) is 0 Å². The molecule has 1 saturated heterocycles. The molecule has 1 N–H and O–H groups in total. The second kappa shape index (κ2) is 8.04. The van der Waals surface area contributed by atoms with Crippen LogP contribution in [0.15, 0.2) is 12.1 Å². The quantitative estimate of drug-likeness (QED) is 0.880. The number of rotatable bonds is 5. The molecule has 1 aromatic rings. The Balaban J connectivity index is 2.30. The molecule has 1 atom stereocenters. The third-order valence-corrected chi connectivity index (χ3v) is 5.09. The van der Waals surface area contributed by atoms with Gasteiger partial charge in [0.25, 0.3) is 0 Å². The van der Waals surface area contributed by atoms with Crippen LogP contribution in [0, 0.1) is 12.7 Å². The van der Waals surface area contributed by atoms with Crippen molar-refractivity contribution in [1.82, 2.24) is 5.32 Å². The minimum atomic E-state index is -0.0944. The van der Waals surface area contributed by atoms with Gasteiger partial charge in [-0.1, -0.05) is 6.92 Å². The van der Waals surface area contributed by atoms with Gasteiger partial charge in [-0.2, -0.15) is 11.8 Å². The maximum Gasteiger partial charge on any atom is 0.126 e. The van der Waals surface area contributed by atoms with E-state index >= 15 is 0 Å². The summed E-state index contributed by atoms with van der Waals surface area (Å²) in [5, 5.41) is 3.49. The van der Waals surface area contributed by atoms with Crippen LogP contribution in [0.4, 0.5) is 10.1 Å². The van der Waals surface area contributed by atoms with Crippen LogP contribution in [-0.4, -0.2) is 31.1 Å². The Morgan fingerprint density at radius 2 is 2.14 bits per heavy atom. The first kappa shape index (κ1) is 16.6. The van der Waals surface area contributed by atoms with Crippen molar-refractivity contribution in [2.24, 2.45) is 0 Å². The molecule has 1 heterocycles. The predicted octanol–water partition coefficient (Wildman–Crippen LogP) is 4.14. The summed E-state index contributed by atoms with van der Waals surface area (Å²) in [6.45, 7) is 9.25. The van der Waals surface area contributed by atoms with E-state index in [9.17, 15) is 4.39 Å². The number of nitrogens with zero attached hydrogens (tertiary/aromatic N) is 1. The van der Waals surface area contributed by atoms with Gasteiger partial charge in [0.1, 0.15) is 5.82 Å². The van der Waals surface area contributed by atoms with Crippen LogP contribution in [0.25, 0.3) is 0 Å². The van der Waals surface area contributed by atoms with Gasteiger partial charge in [-0.05, 0) is 62.2 Å². The highest BCUT2D eigenvalue weighted by atomic mass is 32.2. The number of halogens is 1. The van der Waals surface area contributed by atoms with E-state index in [2.05, 4.69) is 24.1 Å². The van der Waals surface area contributed by atoms with E-state index in [1.54, 1.807) is 6.07 Å². The van der Waals surface area contributed by atoms with Crippen molar-refractivity contribution in [2.45, 2.75) is 39.7 Å². The van der Waals surface area contributed by atoms with Gasteiger partial charge in [0.2, 0.25) is 0 Å². The van der Waals surface area contributed by atoms with Crippen LogP contribution in [0.1, 0.15) is 43.9 Å². The highest BCUT2D eigenvalue weighted by Crippen LogP contribution is 2.30. The lowest BCUT2D eigenvalue weighted by atomic mass is 10.0. The third-order valence-electron chi connectivity index (χ3n) is 4.04. The summed E-state index contributed by atoms with van der Waals surface area (Å²) in [7, 11) is 0. The van der Waals surface area contributed by atoms with E-state index < -0.39 is 0 Å². The normalized spacial score (nSPS) is 17.6. The molecule has 0 radical (unpaired) electrons. The molecule has 0 amide bonds. The molecule has 0 aromatic heterocycles. The first-order chi connectivity index (χ1) is 10.1. The number of benzene rings is 1. The summed E-state index contributed by atoms with van der Waals surface area (Å²) in [4.78, 5) is 2.44. The minimum absolute atomic E-state index is 0.0944. The number of hydrogen-bond acceptors (Lipinski definition) is 3. The molecular formula is C17H27FN2S. The smallest absolute Gasteiger partial charge is 0.126 e. The van der Waals surface area contributed by atoms with Gasteiger partial charge >= 0.3 is 0 Å². The topological polar surface area (TPSA) is 15.3 Å². The molecule has 0 aliphatic carbocycles. The maximum atomic E-state index is 14.0. The van der Waals surface area contributed by atoms with E-state index in [1.165, 1.54) is 17.9 Å². The van der Waals surface area contributed by atoms with Crippen molar-refractivity contribution in [3.8, 4) is 0 Å². The summed E-state index contributed by atoms with van der Waals surface area (Å²) in [5.41, 5.74) is 3.05. The van der Waals surface area contributed by atoms with Crippen molar-refractivity contribution in [3.05, 3.63) is 29.1 Å². The van der Waals surface area contributed by atoms with Crippen molar-refractivity contribution >= 4 is 17.4 Å². The van der Waals surface area contributed by atoms with Gasteiger partial charge in [-0.3, -0.25) is 0 Å². The number of anilines is 1. The van der Waals surface area contributed by atoms with Gasteiger partial charge in [0.05, 0.1) is 0 Å². The van der Waals surface area contributed by atoms with Crippen LogP contribution in [0.3, 0.4) is 0 Å². The molecule has 0 spiro atoms. The highest BCUT2D eigenvalue weighted by molar-refractivity contribution is 7.99. The Bertz CT molecular complexity index is 456. The molecule has 0 saturated carbocycles. The monoisotopic (exact) mass is 310 g/mol. The predicted molar refractivity (Wildman–Crippen MR) is 92.0 cm³/mol. The van der Waals surface area contributed by atoms with Crippen LogP contribution in [0.2, 0.25) is 0 Å². The molecule has 1 unspecified atom stereocenters. The molecule has 1 aliphatic rings. The van der Waals surface area contributed by atoms with E-state index in [1.807, 2.05) is 24.8 Å². The van der Waals surface area contributed by atoms with Gasteiger partial charge in [-0.15, -0.1) is 0 Å².